The van der Waals surface area contributed by atoms with Crippen LogP contribution >= 0.6 is 15.9 Å². The van der Waals surface area contributed by atoms with E-state index in [1.807, 2.05) is 0 Å². The maximum Gasteiger partial charge on any atom is 0.117 e. The molecule has 1 aliphatic rings. The number of nitrogens with two attached hydrogens (primary N) is 1. The number of rotatable bonds is 0. The highest BCUT2D eigenvalue weighted by Crippen LogP contribution is 2.36. The fourth-order valence-electron chi connectivity index (χ4n) is 1.69. The van der Waals surface area contributed by atoms with Gasteiger partial charge >= 0.3 is 0 Å². The third-order valence-electron chi connectivity index (χ3n) is 2.32. The molecule has 12 heavy (non-hydrogen) atoms. The van der Waals surface area contributed by atoms with Gasteiger partial charge in [-0.3, -0.25) is 0 Å². The van der Waals surface area contributed by atoms with Gasteiger partial charge in [-0.1, -0.05) is 15.9 Å². The molecule has 0 saturated heterocycles. The third-order valence-corrected chi connectivity index (χ3v) is 3.03. The summed E-state index contributed by atoms with van der Waals surface area (Å²) in [7, 11) is 0. The molecule has 3 heteroatoms. The van der Waals surface area contributed by atoms with Crippen molar-refractivity contribution >= 4 is 15.9 Å². The summed E-state index contributed by atoms with van der Waals surface area (Å²) in [5.41, 5.74) is 8.19. The lowest BCUT2D eigenvalue weighted by Gasteiger charge is -2.06. The summed E-state index contributed by atoms with van der Waals surface area (Å²) in [6, 6.07) is 3.58. The quantitative estimate of drug-likeness (QED) is 0.714. The fraction of sp³-hybridized carbons (Fsp3) is 0.333. The molecule has 0 aliphatic heterocycles. The van der Waals surface area contributed by atoms with Crippen LogP contribution in [0.2, 0.25) is 0 Å². The number of phenolic OH excluding ortho intramolecular Hbond substituents is 1. The second kappa shape index (κ2) is 2.75. The zero-order valence-electron chi connectivity index (χ0n) is 6.55. The molecule has 0 unspecified atom stereocenters. The second-order valence-corrected chi connectivity index (χ2v) is 3.99. The van der Waals surface area contributed by atoms with Crippen LogP contribution in [0.15, 0.2) is 16.6 Å². The zero-order chi connectivity index (χ0) is 8.72. The Kier molecular flexibility index (Phi) is 1.85. The molecule has 1 aromatic rings. The van der Waals surface area contributed by atoms with Crippen LogP contribution in [-0.4, -0.2) is 5.11 Å². The first-order valence-corrected chi connectivity index (χ1v) is 4.74. The Morgan fingerprint density at radius 1 is 1.50 bits per heavy atom. The summed E-state index contributed by atoms with van der Waals surface area (Å²) in [6.45, 7) is 0. The molecule has 2 nitrogen and oxygen atoms in total. The van der Waals surface area contributed by atoms with Crippen molar-refractivity contribution in [2.75, 3.05) is 0 Å². The molecule has 0 saturated carbocycles. The molecule has 1 atom stereocenters. The summed E-state index contributed by atoms with van der Waals surface area (Å²) < 4.78 is 0.977. The van der Waals surface area contributed by atoms with E-state index in [9.17, 15) is 5.11 Å². The highest BCUT2D eigenvalue weighted by Gasteiger charge is 2.21. The van der Waals surface area contributed by atoms with Crippen LogP contribution < -0.4 is 5.73 Å². The van der Waals surface area contributed by atoms with Crippen molar-refractivity contribution in [2.24, 2.45) is 5.73 Å². The molecule has 0 radical (unpaired) electrons. The number of benzene rings is 1. The lowest BCUT2D eigenvalue weighted by Crippen LogP contribution is -2.04. The summed E-state index contributed by atoms with van der Waals surface area (Å²) in [5.74, 6) is 0.290. The van der Waals surface area contributed by atoms with E-state index in [4.69, 9.17) is 5.73 Å². The first-order chi connectivity index (χ1) is 5.68. The largest absolute Gasteiger partial charge is 0.508 e. The van der Waals surface area contributed by atoms with Crippen LogP contribution in [0.3, 0.4) is 0 Å². The van der Waals surface area contributed by atoms with Crippen molar-refractivity contribution in [2.45, 2.75) is 18.9 Å². The maximum absolute atomic E-state index is 9.31. The van der Waals surface area contributed by atoms with E-state index in [0.717, 1.165) is 22.9 Å². The van der Waals surface area contributed by atoms with Gasteiger partial charge in [0.05, 0.1) is 0 Å². The smallest absolute Gasteiger partial charge is 0.117 e. The van der Waals surface area contributed by atoms with E-state index in [1.54, 1.807) is 12.1 Å². The lowest BCUT2D eigenvalue weighted by molar-refractivity contribution is 0.473. The minimum atomic E-state index is 0.100. The van der Waals surface area contributed by atoms with Gasteiger partial charge in [0.25, 0.3) is 0 Å². The van der Waals surface area contributed by atoms with Gasteiger partial charge < -0.3 is 10.8 Å². The van der Waals surface area contributed by atoms with E-state index in [1.165, 1.54) is 5.56 Å². The first-order valence-electron chi connectivity index (χ1n) is 3.95. The molecule has 0 spiro atoms. The molecule has 0 aromatic heterocycles. The molecule has 3 N–H and O–H groups in total. The number of hydrogen-bond acceptors (Lipinski definition) is 2. The Hall–Kier alpha value is -0.540. The predicted octanol–water partition coefficient (Wildman–Crippen LogP) is 2.10. The fourth-order valence-corrected chi connectivity index (χ4v) is 2.35. The third kappa shape index (κ3) is 1.13. The van der Waals surface area contributed by atoms with Crippen molar-refractivity contribution in [1.82, 2.24) is 0 Å². The van der Waals surface area contributed by atoms with E-state index in [0.29, 0.717) is 0 Å². The Morgan fingerprint density at radius 2 is 2.25 bits per heavy atom. The van der Waals surface area contributed by atoms with Crippen LogP contribution in [0.1, 0.15) is 23.6 Å². The van der Waals surface area contributed by atoms with E-state index in [-0.39, 0.29) is 11.8 Å². The summed E-state index contributed by atoms with van der Waals surface area (Å²) >= 11 is 3.41. The Morgan fingerprint density at radius 3 is 3.00 bits per heavy atom. The molecule has 64 valence electrons. The van der Waals surface area contributed by atoms with Crippen LogP contribution in [0, 0.1) is 0 Å². The summed E-state index contributed by atoms with van der Waals surface area (Å²) in [5, 5.41) is 9.31. The van der Waals surface area contributed by atoms with Gasteiger partial charge in [-0.05, 0) is 36.1 Å². The van der Waals surface area contributed by atoms with Gasteiger partial charge in [-0.2, -0.15) is 0 Å². The van der Waals surface area contributed by atoms with Crippen LogP contribution in [0.4, 0.5) is 0 Å². The Balaban J connectivity index is 2.60. The van der Waals surface area contributed by atoms with Crippen molar-refractivity contribution in [3.63, 3.8) is 0 Å². The van der Waals surface area contributed by atoms with E-state index >= 15 is 0 Å². The molecule has 0 bridgehead atoms. The van der Waals surface area contributed by atoms with Crippen LogP contribution in [-0.2, 0) is 6.42 Å². The van der Waals surface area contributed by atoms with Gasteiger partial charge in [-0.25, -0.2) is 0 Å². The van der Waals surface area contributed by atoms with Crippen molar-refractivity contribution in [3.8, 4) is 5.75 Å². The molecule has 1 aliphatic carbocycles. The molecule has 0 amide bonds. The van der Waals surface area contributed by atoms with Gasteiger partial charge in [0, 0.05) is 10.5 Å². The standard InChI is InChI=1S/C9H10BrNO/c10-8-4-5(12)3-7-6(8)1-2-9(7)11/h3-4,9,12H,1-2,11H2/t9-/m0/s1. The molecular formula is C9H10BrNO. The van der Waals surface area contributed by atoms with Gasteiger partial charge in [-0.15, -0.1) is 0 Å². The van der Waals surface area contributed by atoms with Crippen molar-refractivity contribution < 1.29 is 5.11 Å². The molecule has 1 aromatic carbocycles. The topological polar surface area (TPSA) is 46.2 Å². The Bertz CT molecular complexity index is 325. The van der Waals surface area contributed by atoms with Gasteiger partial charge in [0.1, 0.15) is 5.75 Å². The van der Waals surface area contributed by atoms with E-state index < -0.39 is 0 Å². The normalized spacial score (nSPS) is 21.0. The first kappa shape index (κ1) is 8.08. The summed E-state index contributed by atoms with van der Waals surface area (Å²) in [4.78, 5) is 0. The Labute approximate surface area is 79.5 Å². The van der Waals surface area contributed by atoms with Gasteiger partial charge in [0.2, 0.25) is 0 Å². The molecule has 0 fully saturated rings. The van der Waals surface area contributed by atoms with Crippen LogP contribution in [0.5, 0.6) is 5.75 Å². The molecule has 2 rings (SSSR count). The number of hydrogen-bond donors (Lipinski definition) is 2. The van der Waals surface area contributed by atoms with Crippen molar-refractivity contribution in [3.05, 3.63) is 27.7 Å². The second-order valence-electron chi connectivity index (χ2n) is 3.14. The number of phenols is 1. The monoisotopic (exact) mass is 227 g/mol. The summed E-state index contributed by atoms with van der Waals surface area (Å²) in [6.07, 6.45) is 1.99. The average molecular weight is 228 g/mol. The predicted molar refractivity (Wildman–Crippen MR) is 51.1 cm³/mol. The number of halogens is 1. The molecule has 0 heterocycles. The van der Waals surface area contributed by atoms with Crippen LogP contribution in [0.25, 0.3) is 0 Å². The maximum atomic E-state index is 9.31. The molecular weight excluding hydrogens is 218 g/mol. The minimum absolute atomic E-state index is 0.100. The highest BCUT2D eigenvalue weighted by atomic mass is 79.9. The number of aromatic hydroxyl groups is 1. The lowest BCUT2D eigenvalue weighted by atomic mass is 10.1. The minimum Gasteiger partial charge on any atom is -0.508 e. The average Bonchev–Trinajstić information content (AvgIpc) is 2.33. The zero-order valence-corrected chi connectivity index (χ0v) is 8.13. The number of fused-ring (bicyclic) bond motifs is 1. The van der Waals surface area contributed by atoms with Crippen molar-refractivity contribution in [1.29, 1.82) is 0 Å². The highest BCUT2D eigenvalue weighted by molar-refractivity contribution is 9.10. The van der Waals surface area contributed by atoms with Gasteiger partial charge in [0.15, 0.2) is 0 Å². The SMILES string of the molecule is N[C@H]1CCc2c(Br)cc(O)cc21. The van der Waals surface area contributed by atoms with E-state index in [2.05, 4.69) is 15.9 Å².